The van der Waals surface area contributed by atoms with Gasteiger partial charge in [0.05, 0.1) is 13.2 Å². The fourth-order valence-electron chi connectivity index (χ4n) is 3.62. The van der Waals surface area contributed by atoms with Crippen molar-refractivity contribution in [2.45, 2.75) is 25.8 Å². The molecule has 1 N–H and O–H groups in total. The average molecular weight is 421 g/mol. The number of fused-ring (bicyclic) bond motifs is 1. The van der Waals surface area contributed by atoms with Gasteiger partial charge in [-0.2, -0.15) is 4.98 Å². The Morgan fingerprint density at radius 2 is 2.17 bits per heavy atom. The summed E-state index contributed by atoms with van der Waals surface area (Å²) in [7, 11) is 3.64. The highest BCUT2D eigenvalue weighted by molar-refractivity contribution is 5.85. The molecule has 1 fully saturated rings. The Kier molecular flexibility index (Phi) is 6.56. The Hall–Kier alpha value is -2.42. The van der Waals surface area contributed by atoms with Crippen LogP contribution in [0, 0.1) is 6.92 Å². The normalized spacial score (nSPS) is 17.3. The maximum atomic E-state index is 12.5. The number of halogens is 1. The Balaban J connectivity index is 0.00000240. The molecule has 1 aliphatic heterocycles. The molecule has 0 aliphatic carbocycles. The molecular formula is C20H25ClN4O4. The van der Waals surface area contributed by atoms with Crippen LogP contribution in [0.3, 0.4) is 0 Å². The number of methoxy groups -OCH3 is 1. The average Bonchev–Trinajstić information content (AvgIpc) is 3.16. The predicted molar refractivity (Wildman–Crippen MR) is 111 cm³/mol. The minimum atomic E-state index is -0.339. The Morgan fingerprint density at radius 1 is 1.34 bits per heavy atom. The van der Waals surface area contributed by atoms with Crippen LogP contribution >= 0.6 is 12.4 Å². The first-order valence-corrected chi connectivity index (χ1v) is 9.40. The van der Waals surface area contributed by atoms with Crippen molar-refractivity contribution in [2.75, 3.05) is 33.8 Å². The van der Waals surface area contributed by atoms with Crippen molar-refractivity contribution >= 4 is 23.4 Å². The summed E-state index contributed by atoms with van der Waals surface area (Å²) in [6, 6.07) is 5.60. The van der Waals surface area contributed by atoms with E-state index < -0.39 is 0 Å². The topological polar surface area (TPSA) is 93.6 Å². The molecule has 8 nitrogen and oxygen atoms in total. The minimum Gasteiger partial charge on any atom is -0.497 e. The number of piperazine rings is 1. The van der Waals surface area contributed by atoms with Crippen molar-refractivity contribution < 1.29 is 13.7 Å². The molecular weight excluding hydrogens is 396 g/mol. The van der Waals surface area contributed by atoms with Crippen molar-refractivity contribution in [3.8, 4) is 5.75 Å². The van der Waals surface area contributed by atoms with E-state index in [0.29, 0.717) is 41.5 Å². The molecule has 9 heteroatoms. The zero-order valence-corrected chi connectivity index (χ0v) is 17.5. The molecule has 1 saturated heterocycles. The fourth-order valence-corrected chi connectivity index (χ4v) is 3.62. The predicted octanol–water partition coefficient (Wildman–Crippen LogP) is 2.28. The molecule has 0 amide bonds. The summed E-state index contributed by atoms with van der Waals surface area (Å²) >= 11 is 0. The molecule has 1 atom stereocenters. The first-order chi connectivity index (χ1) is 13.6. The van der Waals surface area contributed by atoms with Gasteiger partial charge >= 0.3 is 5.63 Å². The number of ether oxygens (including phenoxy) is 1. The van der Waals surface area contributed by atoms with E-state index in [-0.39, 0.29) is 24.1 Å². The van der Waals surface area contributed by atoms with Gasteiger partial charge in [0.25, 0.3) is 0 Å². The summed E-state index contributed by atoms with van der Waals surface area (Å²) in [5.41, 5.74) is 1.73. The third-order valence-corrected chi connectivity index (χ3v) is 5.38. The number of nitrogens with one attached hydrogen (secondary N) is 1. The van der Waals surface area contributed by atoms with Gasteiger partial charge in [-0.25, -0.2) is 4.79 Å². The van der Waals surface area contributed by atoms with Crippen LogP contribution in [0.15, 0.2) is 31.9 Å². The zero-order chi connectivity index (χ0) is 19.7. The lowest BCUT2D eigenvalue weighted by Crippen LogP contribution is -2.44. The molecule has 1 aromatic carbocycles. The molecule has 0 radical (unpaired) electrons. The number of hydrogen-bond donors (Lipinski definition) is 1. The van der Waals surface area contributed by atoms with Crippen molar-refractivity contribution in [2.24, 2.45) is 0 Å². The maximum Gasteiger partial charge on any atom is 0.339 e. The lowest BCUT2D eigenvalue weighted by atomic mass is 10.0. The highest BCUT2D eigenvalue weighted by atomic mass is 35.5. The maximum absolute atomic E-state index is 12.5. The first kappa shape index (κ1) is 21.3. The number of aryl methyl sites for hydroxylation is 2. The number of hydrogen-bond acceptors (Lipinski definition) is 8. The van der Waals surface area contributed by atoms with Gasteiger partial charge in [-0.3, -0.25) is 4.90 Å². The van der Waals surface area contributed by atoms with Gasteiger partial charge in [0, 0.05) is 43.1 Å². The third kappa shape index (κ3) is 4.29. The van der Waals surface area contributed by atoms with E-state index in [1.807, 2.05) is 19.1 Å². The molecule has 3 heterocycles. The van der Waals surface area contributed by atoms with Crippen LogP contribution in [-0.4, -0.2) is 48.8 Å². The summed E-state index contributed by atoms with van der Waals surface area (Å²) in [5.74, 6) is 1.87. The molecule has 0 saturated carbocycles. The molecule has 156 valence electrons. The summed E-state index contributed by atoms with van der Waals surface area (Å²) in [4.78, 5) is 19.2. The van der Waals surface area contributed by atoms with Gasteiger partial charge in [-0.05, 0) is 38.1 Å². The molecule has 0 bridgehead atoms. The Bertz CT molecular complexity index is 1050. The second-order valence-corrected chi connectivity index (χ2v) is 7.10. The smallest absolute Gasteiger partial charge is 0.339 e. The van der Waals surface area contributed by atoms with Crippen molar-refractivity contribution in [1.29, 1.82) is 0 Å². The number of aromatic nitrogens is 2. The minimum absolute atomic E-state index is 0. The molecule has 29 heavy (non-hydrogen) atoms. The Morgan fingerprint density at radius 3 is 2.93 bits per heavy atom. The van der Waals surface area contributed by atoms with Gasteiger partial charge in [0.15, 0.2) is 5.82 Å². The summed E-state index contributed by atoms with van der Waals surface area (Å²) in [5, 5.41) is 8.38. The standard InChI is InChI=1S/C20H24N4O4.ClH/c1-12-14-5-4-13(26-3)10-17(14)27-20(25)15(12)6-7-18-22-19(23-28-18)16-11-21-8-9-24(16)2;/h4-5,10,16,21H,6-9,11H2,1-3H3;1H. The van der Waals surface area contributed by atoms with Gasteiger partial charge in [0.1, 0.15) is 11.3 Å². The van der Waals surface area contributed by atoms with Gasteiger partial charge in [-0.1, -0.05) is 5.16 Å². The van der Waals surface area contributed by atoms with Crippen LogP contribution in [0.5, 0.6) is 5.75 Å². The Labute approximate surface area is 174 Å². The van der Waals surface area contributed by atoms with E-state index in [1.54, 1.807) is 13.2 Å². The molecule has 1 aliphatic rings. The van der Waals surface area contributed by atoms with Crippen LogP contribution in [0.25, 0.3) is 11.0 Å². The quantitative estimate of drug-likeness (QED) is 0.628. The van der Waals surface area contributed by atoms with Gasteiger partial charge < -0.3 is 19.0 Å². The lowest BCUT2D eigenvalue weighted by Gasteiger charge is -2.30. The van der Waals surface area contributed by atoms with E-state index in [4.69, 9.17) is 13.7 Å². The van der Waals surface area contributed by atoms with Crippen molar-refractivity contribution in [3.05, 3.63) is 51.5 Å². The van der Waals surface area contributed by atoms with Crippen LogP contribution < -0.4 is 15.7 Å². The van der Waals surface area contributed by atoms with Gasteiger partial charge in [-0.15, -0.1) is 12.4 Å². The second kappa shape index (κ2) is 8.94. The van der Waals surface area contributed by atoms with Crippen LogP contribution in [-0.2, 0) is 12.8 Å². The van der Waals surface area contributed by atoms with Crippen molar-refractivity contribution in [1.82, 2.24) is 20.4 Å². The number of benzene rings is 1. The van der Waals surface area contributed by atoms with Crippen molar-refractivity contribution in [3.63, 3.8) is 0 Å². The van der Waals surface area contributed by atoms with Gasteiger partial charge in [0.2, 0.25) is 5.89 Å². The molecule has 1 unspecified atom stereocenters. The highest BCUT2D eigenvalue weighted by Crippen LogP contribution is 2.25. The number of likely N-dealkylation sites (N-methyl/N-ethyl adjacent to an activating group) is 1. The molecule has 2 aromatic heterocycles. The van der Waals surface area contributed by atoms with E-state index in [9.17, 15) is 4.79 Å². The van der Waals surface area contributed by atoms with Crippen LogP contribution in [0.2, 0.25) is 0 Å². The van der Waals surface area contributed by atoms with E-state index in [0.717, 1.165) is 30.6 Å². The summed E-state index contributed by atoms with van der Waals surface area (Å²) in [6.45, 7) is 4.63. The highest BCUT2D eigenvalue weighted by Gasteiger charge is 2.25. The van der Waals surface area contributed by atoms with Crippen LogP contribution in [0.1, 0.15) is 28.9 Å². The molecule has 4 rings (SSSR count). The van der Waals surface area contributed by atoms with E-state index in [2.05, 4.69) is 27.4 Å². The second-order valence-electron chi connectivity index (χ2n) is 7.10. The SMILES string of the molecule is COc1ccc2c(C)c(CCc3nc(C4CNCCN4C)no3)c(=O)oc2c1.Cl. The first-order valence-electron chi connectivity index (χ1n) is 9.40. The largest absolute Gasteiger partial charge is 0.497 e. The summed E-state index contributed by atoms with van der Waals surface area (Å²) < 4.78 is 16.1. The van der Waals surface area contributed by atoms with Crippen LogP contribution in [0.4, 0.5) is 0 Å². The molecule has 0 spiro atoms. The third-order valence-electron chi connectivity index (χ3n) is 5.38. The number of rotatable bonds is 5. The lowest BCUT2D eigenvalue weighted by molar-refractivity contribution is 0.190. The molecule has 3 aromatic rings. The number of nitrogens with zero attached hydrogens (tertiary/aromatic N) is 3. The fraction of sp³-hybridized carbons (Fsp3) is 0.450. The van der Waals surface area contributed by atoms with E-state index in [1.165, 1.54) is 0 Å². The monoisotopic (exact) mass is 420 g/mol. The summed E-state index contributed by atoms with van der Waals surface area (Å²) in [6.07, 6.45) is 0.973. The van der Waals surface area contributed by atoms with E-state index >= 15 is 0 Å². The zero-order valence-electron chi connectivity index (χ0n) is 16.7.